The zero-order valence-corrected chi connectivity index (χ0v) is 15.1. The van der Waals surface area contributed by atoms with Gasteiger partial charge in [0.05, 0.1) is 6.54 Å². The molecule has 2 amide bonds. The van der Waals surface area contributed by atoms with Gasteiger partial charge in [0, 0.05) is 64.5 Å². The Hall–Kier alpha value is -1.93. The zero-order valence-electron chi connectivity index (χ0n) is 15.1. The van der Waals surface area contributed by atoms with Gasteiger partial charge in [-0.2, -0.15) is 0 Å². The second-order valence-corrected chi connectivity index (χ2v) is 7.33. The van der Waals surface area contributed by atoms with Crippen molar-refractivity contribution in [2.24, 2.45) is 5.92 Å². The first-order chi connectivity index (χ1) is 12.6. The van der Waals surface area contributed by atoms with Crippen molar-refractivity contribution in [1.82, 2.24) is 19.8 Å². The summed E-state index contributed by atoms with van der Waals surface area (Å²) in [7, 11) is 1.62. The van der Waals surface area contributed by atoms with Crippen LogP contribution in [0.1, 0.15) is 31.5 Å². The lowest BCUT2D eigenvalue weighted by Crippen LogP contribution is -2.55. The SMILES string of the molecule is CNC(=O)[C@@H]1Cn2ccnc2C2(CCN(C(=O)C3CCOCC3)CC2)O1. The van der Waals surface area contributed by atoms with Crippen molar-refractivity contribution >= 4 is 11.8 Å². The number of nitrogens with one attached hydrogen (secondary N) is 1. The number of hydrogen-bond donors (Lipinski definition) is 1. The number of rotatable bonds is 2. The Morgan fingerprint density at radius 1 is 1.27 bits per heavy atom. The lowest BCUT2D eigenvalue weighted by Gasteiger charge is -2.46. The van der Waals surface area contributed by atoms with Crippen molar-refractivity contribution < 1.29 is 19.1 Å². The molecule has 142 valence electrons. The van der Waals surface area contributed by atoms with Crippen LogP contribution in [0.4, 0.5) is 0 Å². The van der Waals surface area contributed by atoms with Crippen LogP contribution in [-0.2, 0) is 31.2 Å². The fourth-order valence-corrected chi connectivity index (χ4v) is 4.33. The molecule has 8 nitrogen and oxygen atoms in total. The Kier molecular flexibility index (Phi) is 4.71. The van der Waals surface area contributed by atoms with Crippen LogP contribution in [0.15, 0.2) is 12.4 Å². The number of fused-ring (bicyclic) bond motifs is 2. The largest absolute Gasteiger partial charge is 0.381 e. The summed E-state index contributed by atoms with van der Waals surface area (Å²) in [6.45, 7) is 3.07. The summed E-state index contributed by atoms with van der Waals surface area (Å²) in [5.74, 6) is 1.05. The molecular weight excluding hydrogens is 336 g/mol. The molecule has 8 heteroatoms. The van der Waals surface area contributed by atoms with E-state index in [-0.39, 0.29) is 17.7 Å². The van der Waals surface area contributed by atoms with Gasteiger partial charge in [-0.15, -0.1) is 0 Å². The second kappa shape index (κ2) is 7.00. The van der Waals surface area contributed by atoms with E-state index >= 15 is 0 Å². The summed E-state index contributed by atoms with van der Waals surface area (Å²) in [6.07, 6.45) is 6.06. The summed E-state index contributed by atoms with van der Waals surface area (Å²) >= 11 is 0. The molecular formula is C18H26N4O4. The molecule has 0 aliphatic carbocycles. The first kappa shape index (κ1) is 17.5. The molecule has 1 spiro atoms. The monoisotopic (exact) mass is 362 g/mol. The molecule has 3 aliphatic rings. The van der Waals surface area contributed by atoms with Crippen LogP contribution in [0, 0.1) is 5.92 Å². The summed E-state index contributed by atoms with van der Waals surface area (Å²) < 4.78 is 13.6. The Labute approximate surface area is 152 Å². The maximum Gasteiger partial charge on any atom is 0.250 e. The molecule has 1 atom stereocenters. The van der Waals surface area contributed by atoms with Crippen LogP contribution in [0.5, 0.6) is 0 Å². The highest BCUT2D eigenvalue weighted by molar-refractivity contribution is 5.80. The smallest absolute Gasteiger partial charge is 0.250 e. The number of ether oxygens (including phenoxy) is 2. The van der Waals surface area contributed by atoms with Crippen LogP contribution in [0.2, 0.25) is 0 Å². The number of amides is 2. The minimum Gasteiger partial charge on any atom is -0.381 e. The third kappa shape index (κ3) is 3.01. The number of hydrogen-bond acceptors (Lipinski definition) is 5. The van der Waals surface area contributed by atoms with Crippen molar-refractivity contribution in [3.8, 4) is 0 Å². The van der Waals surface area contributed by atoms with Crippen LogP contribution in [-0.4, -0.2) is 65.7 Å². The number of likely N-dealkylation sites (tertiary alicyclic amines) is 1. The van der Waals surface area contributed by atoms with Gasteiger partial charge in [-0.05, 0) is 12.8 Å². The highest BCUT2D eigenvalue weighted by Crippen LogP contribution is 2.40. The number of likely N-dealkylation sites (N-methyl/N-ethyl adjacent to an activating group) is 1. The van der Waals surface area contributed by atoms with Gasteiger partial charge in [-0.25, -0.2) is 4.98 Å². The van der Waals surface area contributed by atoms with Gasteiger partial charge in [0.25, 0.3) is 5.91 Å². The van der Waals surface area contributed by atoms with Crippen molar-refractivity contribution in [2.75, 3.05) is 33.4 Å². The normalized spacial score (nSPS) is 25.7. The highest BCUT2D eigenvalue weighted by Gasteiger charge is 2.47. The van der Waals surface area contributed by atoms with E-state index in [2.05, 4.69) is 10.3 Å². The first-order valence-corrected chi connectivity index (χ1v) is 9.40. The van der Waals surface area contributed by atoms with Gasteiger partial charge < -0.3 is 24.3 Å². The van der Waals surface area contributed by atoms with E-state index in [9.17, 15) is 9.59 Å². The van der Waals surface area contributed by atoms with Gasteiger partial charge in [0.15, 0.2) is 6.10 Å². The molecule has 0 aromatic carbocycles. The average Bonchev–Trinajstić information content (AvgIpc) is 3.18. The van der Waals surface area contributed by atoms with E-state index in [1.54, 1.807) is 13.2 Å². The third-order valence-electron chi connectivity index (χ3n) is 5.85. The van der Waals surface area contributed by atoms with E-state index in [0.717, 1.165) is 18.7 Å². The highest BCUT2D eigenvalue weighted by atomic mass is 16.5. The third-order valence-corrected chi connectivity index (χ3v) is 5.85. The van der Waals surface area contributed by atoms with Crippen LogP contribution in [0.3, 0.4) is 0 Å². The molecule has 1 N–H and O–H groups in total. The molecule has 0 saturated carbocycles. The topological polar surface area (TPSA) is 85.7 Å². The lowest BCUT2D eigenvalue weighted by atomic mass is 9.87. The average molecular weight is 362 g/mol. The number of imidazole rings is 1. The predicted molar refractivity (Wildman–Crippen MR) is 92.2 cm³/mol. The van der Waals surface area contributed by atoms with Gasteiger partial charge >= 0.3 is 0 Å². The second-order valence-electron chi connectivity index (χ2n) is 7.33. The van der Waals surface area contributed by atoms with Gasteiger partial charge in [-0.3, -0.25) is 9.59 Å². The van der Waals surface area contributed by atoms with Crippen molar-refractivity contribution in [2.45, 2.75) is 43.9 Å². The first-order valence-electron chi connectivity index (χ1n) is 9.40. The predicted octanol–water partition coefficient (Wildman–Crippen LogP) is 0.272. The molecule has 4 rings (SSSR count). The van der Waals surface area contributed by atoms with Crippen LogP contribution < -0.4 is 5.32 Å². The number of aromatic nitrogens is 2. The van der Waals surface area contributed by atoms with E-state index in [1.807, 2.05) is 15.7 Å². The minimum atomic E-state index is -0.592. The number of nitrogens with zero attached hydrogens (tertiary/aromatic N) is 3. The molecule has 1 aromatic rings. The fraction of sp³-hybridized carbons (Fsp3) is 0.722. The van der Waals surface area contributed by atoms with Crippen molar-refractivity contribution in [3.63, 3.8) is 0 Å². The Morgan fingerprint density at radius 2 is 2.00 bits per heavy atom. The fourth-order valence-electron chi connectivity index (χ4n) is 4.33. The van der Waals surface area contributed by atoms with Crippen LogP contribution in [0.25, 0.3) is 0 Å². The van der Waals surface area contributed by atoms with Crippen molar-refractivity contribution in [3.05, 3.63) is 18.2 Å². The molecule has 2 fully saturated rings. The molecule has 0 bridgehead atoms. The standard InChI is InChI=1S/C18H26N4O4/c1-19-15(23)14-12-22-9-6-20-17(22)18(26-14)4-7-21(8-5-18)16(24)13-2-10-25-11-3-13/h6,9,13-14H,2-5,7-8,10-12H2,1H3,(H,19,23)/t14-/m0/s1. The molecule has 0 radical (unpaired) electrons. The van der Waals surface area contributed by atoms with Crippen LogP contribution >= 0.6 is 0 Å². The van der Waals surface area contributed by atoms with E-state index in [0.29, 0.717) is 45.7 Å². The van der Waals surface area contributed by atoms with E-state index < -0.39 is 11.7 Å². The maximum atomic E-state index is 12.8. The summed E-state index contributed by atoms with van der Waals surface area (Å²) in [6, 6.07) is 0. The molecule has 4 heterocycles. The number of carbonyl (C=O) groups is 2. The molecule has 0 unspecified atom stereocenters. The van der Waals surface area contributed by atoms with Gasteiger partial charge in [0.1, 0.15) is 11.4 Å². The lowest BCUT2D eigenvalue weighted by molar-refractivity contribution is -0.176. The minimum absolute atomic E-state index is 0.0747. The Morgan fingerprint density at radius 3 is 2.69 bits per heavy atom. The zero-order chi connectivity index (χ0) is 18.1. The summed E-state index contributed by atoms with van der Waals surface area (Å²) in [4.78, 5) is 31.4. The van der Waals surface area contributed by atoms with E-state index in [4.69, 9.17) is 9.47 Å². The molecule has 2 saturated heterocycles. The molecule has 1 aromatic heterocycles. The van der Waals surface area contributed by atoms with E-state index in [1.165, 1.54) is 0 Å². The summed E-state index contributed by atoms with van der Waals surface area (Å²) in [5.41, 5.74) is -0.592. The number of carbonyl (C=O) groups excluding carboxylic acids is 2. The summed E-state index contributed by atoms with van der Waals surface area (Å²) in [5, 5.41) is 2.68. The molecule has 3 aliphatic heterocycles. The van der Waals surface area contributed by atoms with Gasteiger partial charge in [0.2, 0.25) is 5.91 Å². The number of piperidine rings is 1. The Bertz CT molecular complexity index is 674. The van der Waals surface area contributed by atoms with Gasteiger partial charge in [-0.1, -0.05) is 0 Å². The Balaban J connectivity index is 1.48. The van der Waals surface area contributed by atoms with Crippen molar-refractivity contribution in [1.29, 1.82) is 0 Å². The maximum absolute atomic E-state index is 12.8. The molecule has 26 heavy (non-hydrogen) atoms. The quantitative estimate of drug-likeness (QED) is 0.816.